The number of nitrogens with zero attached hydrogens (tertiary/aromatic N) is 1. The van der Waals surface area contributed by atoms with E-state index in [9.17, 15) is 19.5 Å². The van der Waals surface area contributed by atoms with Crippen molar-refractivity contribution in [2.45, 2.75) is 117 Å². The molecular formula is C38H52BN4O7. The van der Waals surface area contributed by atoms with E-state index in [0.29, 0.717) is 25.8 Å². The first-order valence-electron chi connectivity index (χ1n) is 17.4. The van der Waals surface area contributed by atoms with E-state index in [4.69, 9.17) is 14.1 Å². The van der Waals surface area contributed by atoms with Crippen LogP contribution in [0.3, 0.4) is 0 Å². The van der Waals surface area contributed by atoms with Crippen LogP contribution in [-0.2, 0) is 36.6 Å². The summed E-state index contributed by atoms with van der Waals surface area (Å²) in [4.78, 5) is 43.9. The molecule has 11 nitrogen and oxygen atoms in total. The summed E-state index contributed by atoms with van der Waals surface area (Å²) in [5.41, 5.74) is 5.34. The number of carbonyl (C=O) groups is 3. The second-order valence-electron chi connectivity index (χ2n) is 16.4. The van der Waals surface area contributed by atoms with Crippen LogP contribution in [-0.4, -0.2) is 82.6 Å². The minimum atomic E-state index is -1.10. The summed E-state index contributed by atoms with van der Waals surface area (Å²) in [7, 11) is 1.68. The van der Waals surface area contributed by atoms with Crippen molar-refractivity contribution in [3.63, 3.8) is 0 Å². The van der Waals surface area contributed by atoms with Crippen LogP contribution in [0.1, 0.15) is 86.3 Å². The number of hydrazine groups is 1. The molecule has 0 spiro atoms. The zero-order chi connectivity index (χ0) is 36.6. The molecule has 1 radical (unpaired) electrons. The van der Waals surface area contributed by atoms with E-state index in [-0.39, 0.29) is 18.9 Å². The number of aromatic nitrogens is 1. The van der Waals surface area contributed by atoms with Gasteiger partial charge in [0.05, 0.1) is 17.8 Å². The molecule has 3 aromatic rings. The topological polar surface area (TPSA) is 142 Å². The highest BCUT2D eigenvalue weighted by molar-refractivity contribution is 6.47. The number of cyclic esters (lactones) is 1. The third-order valence-electron chi connectivity index (χ3n) is 9.57. The number of alkyl carbamates (subject to hydrolysis) is 1. The standard InChI is InChI=1S/C38H52BN4O7/c1-35(2,3)49-34(46)41-30-19-23-12-10-13-24(18-23)25-15-16-28-26(20-25)27(31(40-28)39-50-38(8,9)37(6,7)47)21-36(4,5)22-48-33(45)29-14-11-17-43(42-29)32(30)44/h10,12-13,15-16,18,20,29-30,40,42,47H,11,14,17,19,21-22H2,1-9H3,(H,41,46)/t29-,30-/m0/s1. The highest BCUT2D eigenvalue weighted by Gasteiger charge is 2.38. The number of hydrogen-bond acceptors (Lipinski definition) is 8. The zero-order valence-corrected chi connectivity index (χ0v) is 30.9. The molecule has 50 heavy (non-hydrogen) atoms. The lowest BCUT2D eigenvalue weighted by atomic mass is 9.79. The second-order valence-corrected chi connectivity index (χ2v) is 16.4. The average Bonchev–Trinajstić information content (AvgIpc) is 3.36. The lowest BCUT2D eigenvalue weighted by Gasteiger charge is -2.37. The van der Waals surface area contributed by atoms with Gasteiger partial charge in [-0.05, 0) is 102 Å². The Balaban J connectivity index is 1.57. The lowest BCUT2D eigenvalue weighted by Crippen LogP contribution is -2.60. The normalized spacial score (nSPS) is 20.6. The van der Waals surface area contributed by atoms with Crippen molar-refractivity contribution in [1.29, 1.82) is 0 Å². The summed E-state index contributed by atoms with van der Waals surface area (Å²) < 4.78 is 17.6. The molecule has 3 heterocycles. The third-order valence-corrected chi connectivity index (χ3v) is 9.57. The summed E-state index contributed by atoms with van der Waals surface area (Å²) >= 11 is 0. The predicted molar refractivity (Wildman–Crippen MR) is 194 cm³/mol. The number of H-pyrrole nitrogens is 1. The number of aliphatic hydroxyl groups is 1. The summed E-state index contributed by atoms with van der Waals surface area (Å²) in [5, 5.41) is 15.9. The SMILES string of the molecule is CC1(C)COC(=O)[C@@H]2CCCN(N2)C(=O)[C@@H](NC(=O)OC(C)(C)C)Cc2cccc(c2)-c2ccc3[nH]c([B]OC(C)(C)C(C)(C)O)c(c3c2)C1. The molecule has 12 heteroatoms. The number of aromatic amines is 1. The minimum absolute atomic E-state index is 0.144. The fourth-order valence-electron chi connectivity index (χ4n) is 6.05. The Bertz CT molecular complexity index is 1740. The van der Waals surface area contributed by atoms with Crippen molar-refractivity contribution in [3.05, 3.63) is 53.6 Å². The third kappa shape index (κ3) is 8.89. The van der Waals surface area contributed by atoms with Gasteiger partial charge in [0.1, 0.15) is 17.7 Å². The van der Waals surface area contributed by atoms with Gasteiger partial charge in [-0.25, -0.2) is 10.2 Å². The molecule has 4 N–H and O–H groups in total. The van der Waals surface area contributed by atoms with Crippen LogP contribution in [0, 0.1) is 5.41 Å². The molecule has 2 aromatic carbocycles. The molecule has 2 atom stereocenters. The van der Waals surface area contributed by atoms with Crippen LogP contribution >= 0.6 is 0 Å². The Morgan fingerprint density at radius 3 is 2.48 bits per heavy atom. The molecule has 0 saturated carbocycles. The first kappa shape index (κ1) is 37.4. The van der Waals surface area contributed by atoms with Gasteiger partial charge in [0.2, 0.25) is 0 Å². The van der Waals surface area contributed by atoms with Gasteiger partial charge in [0.15, 0.2) is 0 Å². The Morgan fingerprint density at radius 2 is 1.78 bits per heavy atom. The maximum Gasteiger partial charge on any atom is 0.408 e. The Hall–Kier alpha value is -3.87. The number of esters is 1. The lowest BCUT2D eigenvalue weighted by molar-refractivity contribution is -0.155. The average molecular weight is 688 g/mol. The molecule has 6 bridgehead atoms. The van der Waals surface area contributed by atoms with E-state index in [1.807, 2.05) is 64.1 Å². The number of ether oxygens (including phenoxy) is 2. The van der Waals surface area contributed by atoms with Gasteiger partial charge >= 0.3 is 19.5 Å². The molecule has 5 rings (SSSR count). The molecule has 1 fully saturated rings. The van der Waals surface area contributed by atoms with Crippen molar-refractivity contribution < 1.29 is 33.6 Å². The number of carbonyl (C=O) groups excluding carboxylic acids is 3. The van der Waals surface area contributed by atoms with E-state index in [1.54, 1.807) is 42.1 Å². The quantitative estimate of drug-likeness (QED) is 0.224. The first-order chi connectivity index (χ1) is 23.2. The van der Waals surface area contributed by atoms with Crippen LogP contribution < -0.4 is 16.3 Å². The molecule has 1 saturated heterocycles. The first-order valence-corrected chi connectivity index (χ1v) is 17.4. The van der Waals surface area contributed by atoms with Gasteiger partial charge in [-0.1, -0.05) is 44.2 Å². The van der Waals surface area contributed by atoms with Gasteiger partial charge in [0.25, 0.3) is 5.91 Å². The van der Waals surface area contributed by atoms with Gasteiger partial charge < -0.3 is 29.5 Å². The van der Waals surface area contributed by atoms with Crippen LogP contribution in [0.2, 0.25) is 0 Å². The maximum absolute atomic E-state index is 14.0. The summed E-state index contributed by atoms with van der Waals surface area (Å²) in [6, 6.07) is 12.5. The molecule has 2 amide bonds. The number of rotatable bonds is 5. The van der Waals surface area contributed by atoms with Crippen LogP contribution in [0.4, 0.5) is 4.79 Å². The molecular weight excluding hydrogens is 635 g/mol. The minimum Gasteiger partial charge on any atom is -0.464 e. The number of benzene rings is 2. The van der Waals surface area contributed by atoms with Crippen LogP contribution in [0.25, 0.3) is 22.0 Å². The molecule has 1 aromatic heterocycles. The molecule has 2 aliphatic rings. The van der Waals surface area contributed by atoms with E-state index in [2.05, 4.69) is 21.8 Å². The molecule has 0 aliphatic carbocycles. The summed E-state index contributed by atoms with van der Waals surface area (Å²) in [5.74, 6) is -0.804. The van der Waals surface area contributed by atoms with E-state index in [1.165, 1.54) is 5.01 Å². The van der Waals surface area contributed by atoms with Crippen molar-refractivity contribution in [2.75, 3.05) is 13.2 Å². The highest BCUT2D eigenvalue weighted by atomic mass is 16.6. The molecule has 269 valence electrons. The summed E-state index contributed by atoms with van der Waals surface area (Å²) in [6.07, 6.45) is 1.17. The zero-order valence-electron chi connectivity index (χ0n) is 30.9. The fraction of sp³-hybridized carbons (Fsp3) is 0.553. The van der Waals surface area contributed by atoms with Crippen molar-refractivity contribution in [1.82, 2.24) is 20.7 Å². The van der Waals surface area contributed by atoms with Crippen molar-refractivity contribution in [3.8, 4) is 11.1 Å². The van der Waals surface area contributed by atoms with E-state index >= 15 is 0 Å². The van der Waals surface area contributed by atoms with Gasteiger partial charge in [-0.2, -0.15) is 0 Å². The highest BCUT2D eigenvalue weighted by Crippen LogP contribution is 2.32. The maximum atomic E-state index is 14.0. The number of fused-ring (bicyclic) bond motifs is 6. The van der Waals surface area contributed by atoms with Crippen LogP contribution in [0.15, 0.2) is 42.5 Å². The number of nitrogens with one attached hydrogen (secondary N) is 3. The van der Waals surface area contributed by atoms with E-state index in [0.717, 1.165) is 38.8 Å². The smallest absolute Gasteiger partial charge is 0.408 e. The Labute approximate surface area is 296 Å². The van der Waals surface area contributed by atoms with Gasteiger partial charge in [-0.15, -0.1) is 0 Å². The van der Waals surface area contributed by atoms with Gasteiger partial charge in [0, 0.05) is 34.9 Å². The number of amides is 2. The Morgan fingerprint density at radius 1 is 1.06 bits per heavy atom. The summed E-state index contributed by atoms with van der Waals surface area (Å²) in [6.45, 7) is 17.0. The monoisotopic (exact) mass is 687 g/mol. The fourth-order valence-corrected chi connectivity index (χ4v) is 6.05. The van der Waals surface area contributed by atoms with Crippen molar-refractivity contribution >= 4 is 41.9 Å². The second kappa shape index (κ2) is 14.0. The molecule has 0 unspecified atom stereocenters. The molecule has 2 aliphatic heterocycles. The van der Waals surface area contributed by atoms with Gasteiger partial charge in [-0.3, -0.25) is 14.6 Å². The van der Waals surface area contributed by atoms with E-state index < -0.39 is 46.4 Å². The largest absolute Gasteiger partial charge is 0.464 e. The Kier molecular flexibility index (Phi) is 10.5. The van der Waals surface area contributed by atoms with Crippen LogP contribution in [0.5, 0.6) is 0 Å². The van der Waals surface area contributed by atoms with Crippen molar-refractivity contribution in [2.24, 2.45) is 5.41 Å². The predicted octanol–water partition coefficient (Wildman–Crippen LogP) is 4.70. The number of hydrogen-bond donors (Lipinski definition) is 4.